The number of nitrogens with zero attached hydrogens (tertiary/aromatic N) is 2. The molecule has 0 radical (unpaired) electrons. The summed E-state index contributed by atoms with van der Waals surface area (Å²) in [5, 5.41) is 3.05. The van der Waals surface area contributed by atoms with Crippen LogP contribution in [-0.4, -0.2) is 9.97 Å². The van der Waals surface area contributed by atoms with Crippen LogP contribution in [0.3, 0.4) is 0 Å². The maximum absolute atomic E-state index is 13.4. The van der Waals surface area contributed by atoms with Crippen molar-refractivity contribution in [3.8, 4) is 0 Å². The van der Waals surface area contributed by atoms with Crippen molar-refractivity contribution in [3.05, 3.63) is 41.3 Å². The Hall–Kier alpha value is -2.17. The van der Waals surface area contributed by atoms with E-state index in [2.05, 4.69) is 15.3 Å². The van der Waals surface area contributed by atoms with Crippen molar-refractivity contribution in [1.29, 1.82) is 0 Å². The van der Waals surface area contributed by atoms with E-state index in [4.69, 9.17) is 5.73 Å². The van der Waals surface area contributed by atoms with Crippen LogP contribution in [0.1, 0.15) is 11.1 Å². The summed E-state index contributed by atoms with van der Waals surface area (Å²) < 4.78 is 13.4. The quantitative estimate of drug-likeness (QED) is 0.835. The molecule has 1 heterocycles. The van der Waals surface area contributed by atoms with Crippen LogP contribution in [0.2, 0.25) is 0 Å². The number of rotatable bonds is 2. The van der Waals surface area contributed by atoms with Crippen LogP contribution in [0.25, 0.3) is 0 Å². The summed E-state index contributed by atoms with van der Waals surface area (Å²) in [6.45, 7) is 3.56. The largest absolute Gasteiger partial charge is 0.368 e. The predicted molar refractivity (Wildman–Crippen MR) is 65.6 cm³/mol. The van der Waals surface area contributed by atoms with Gasteiger partial charge in [-0.25, -0.2) is 9.37 Å². The van der Waals surface area contributed by atoms with E-state index in [-0.39, 0.29) is 11.8 Å². The Morgan fingerprint density at radius 2 is 2.06 bits per heavy atom. The van der Waals surface area contributed by atoms with E-state index in [0.29, 0.717) is 17.1 Å². The molecule has 0 unspecified atom stereocenters. The monoisotopic (exact) mass is 232 g/mol. The van der Waals surface area contributed by atoms with E-state index in [9.17, 15) is 4.39 Å². The standard InChI is InChI=1S/C12H13FN4/c1-7-6-15-12(14)17-11(7)16-10-5-3-4-9(13)8(10)2/h3-6H,1-2H3,(H3,14,15,16,17). The summed E-state index contributed by atoms with van der Waals surface area (Å²) in [5.74, 6) is 0.521. The second-order valence-corrected chi connectivity index (χ2v) is 3.80. The SMILES string of the molecule is Cc1cnc(N)nc1Nc1cccc(F)c1C. The minimum atomic E-state index is -0.255. The van der Waals surface area contributed by atoms with Crippen LogP contribution in [0.5, 0.6) is 0 Å². The number of aryl methyl sites for hydroxylation is 1. The van der Waals surface area contributed by atoms with Crippen molar-refractivity contribution in [2.24, 2.45) is 0 Å². The molecule has 0 fully saturated rings. The highest BCUT2D eigenvalue weighted by Crippen LogP contribution is 2.23. The molecule has 0 aliphatic carbocycles. The van der Waals surface area contributed by atoms with E-state index >= 15 is 0 Å². The Morgan fingerprint density at radius 3 is 2.82 bits per heavy atom. The average Bonchev–Trinajstić information content (AvgIpc) is 2.30. The van der Waals surface area contributed by atoms with Crippen molar-refractivity contribution in [2.75, 3.05) is 11.1 Å². The normalized spacial score (nSPS) is 10.3. The number of nitrogens with one attached hydrogen (secondary N) is 1. The number of hydrogen-bond acceptors (Lipinski definition) is 4. The fourth-order valence-corrected chi connectivity index (χ4v) is 1.45. The Balaban J connectivity index is 2.38. The smallest absolute Gasteiger partial charge is 0.221 e. The molecule has 0 aliphatic heterocycles. The number of nitrogen functional groups attached to an aromatic ring is 1. The fourth-order valence-electron chi connectivity index (χ4n) is 1.45. The molecule has 17 heavy (non-hydrogen) atoms. The second kappa shape index (κ2) is 4.37. The third-order valence-corrected chi connectivity index (χ3v) is 2.51. The first-order valence-corrected chi connectivity index (χ1v) is 5.19. The van der Waals surface area contributed by atoms with Crippen LogP contribution >= 0.6 is 0 Å². The molecule has 0 atom stereocenters. The molecule has 0 aliphatic rings. The zero-order valence-electron chi connectivity index (χ0n) is 9.66. The van der Waals surface area contributed by atoms with Crippen molar-refractivity contribution in [3.63, 3.8) is 0 Å². The fraction of sp³-hybridized carbons (Fsp3) is 0.167. The van der Waals surface area contributed by atoms with Crippen LogP contribution in [-0.2, 0) is 0 Å². The lowest BCUT2D eigenvalue weighted by Crippen LogP contribution is -2.03. The molecule has 88 valence electrons. The highest BCUT2D eigenvalue weighted by molar-refractivity contribution is 5.63. The number of aromatic nitrogens is 2. The lowest BCUT2D eigenvalue weighted by molar-refractivity contribution is 0.619. The molecule has 0 saturated heterocycles. The molecule has 1 aromatic carbocycles. The van der Waals surface area contributed by atoms with Crippen molar-refractivity contribution >= 4 is 17.5 Å². The Kier molecular flexibility index (Phi) is 2.91. The number of halogens is 1. The van der Waals surface area contributed by atoms with Gasteiger partial charge >= 0.3 is 0 Å². The maximum Gasteiger partial charge on any atom is 0.221 e. The summed E-state index contributed by atoms with van der Waals surface area (Å²) in [6, 6.07) is 4.85. The van der Waals surface area contributed by atoms with Gasteiger partial charge < -0.3 is 11.1 Å². The van der Waals surface area contributed by atoms with Gasteiger partial charge in [-0.1, -0.05) is 6.07 Å². The molecular weight excluding hydrogens is 219 g/mol. The first-order chi connectivity index (χ1) is 8.08. The van der Waals surface area contributed by atoms with Gasteiger partial charge in [0, 0.05) is 23.0 Å². The molecule has 2 rings (SSSR count). The van der Waals surface area contributed by atoms with E-state index < -0.39 is 0 Å². The minimum absolute atomic E-state index is 0.187. The molecule has 0 bridgehead atoms. The van der Waals surface area contributed by atoms with E-state index in [1.807, 2.05) is 6.92 Å². The molecule has 0 spiro atoms. The van der Waals surface area contributed by atoms with Gasteiger partial charge in [0.25, 0.3) is 0 Å². The van der Waals surface area contributed by atoms with Gasteiger partial charge in [-0.2, -0.15) is 4.98 Å². The number of nitrogens with two attached hydrogens (primary N) is 1. The van der Waals surface area contributed by atoms with E-state index in [1.54, 1.807) is 25.3 Å². The highest BCUT2D eigenvalue weighted by atomic mass is 19.1. The first kappa shape index (κ1) is 11.3. The minimum Gasteiger partial charge on any atom is -0.368 e. The van der Waals surface area contributed by atoms with E-state index in [0.717, 1.165) is 5.56 Å². The second-order valence-electron chi connectivity index (χ2n) is 3.80. The van der Waals surface area contributed by atoms with Gasteiger partial charge in [-0.3, -0.25) is 0 Å². The average molecular weight is 232 g/mol. The summed E-state index contributed by atoms with van der Waals surface area (Å²) in [7, 11) is 0. The van der Waals surface area contributed by atoms with Crippen molar-refractivity contribution in [2.45, 2.75) is 13.8 Å². The maximum atomic E-state index is 13.4. The number of anilines is 3. The lowest BCUT2D eigenvalue weighted by atomic mass is 10.2. The van der Waals surface area contributed by atoms with Gasteiger partial charge in [-0.05, 0) is 26.0 Å². The molecule has 0 amide bonds. The molecule has 4 nitrogen and oxygen atoms in total. The van der Waals surface area contributed by atoms with Gasteiger partial charge in [0.05, 0.1) is 0 Å². The summed E-state index contributed by atoms with van der Waals surface area (Å²) in [5.41, 5.74) is 7.58. The summed E-state index contributed by atoms with van der Waals surface area (Å²) in [4.78, 5) is 7.95. The van der Waals surface area contributed by atoms with E-state index in [1.165, 1.54) is 6.07 Å². The van der Waals surface area contributed by atoms with Gasteiger partial charge in [0.1, 0.15) is 11.6 Å². The highest BCUT2D eigenvalue weighted by Gasteiger charge is 2.06. The Bertz CT molecular complexity index is 554. The van der Waals surface area contributed by atoms with Crippen LogP contribution in [0.15, 0.2) is 24.4 Å². The Labute approximate surface area is 98.7 Å². The van der Waals surface area contributed by atoms with Crippen LogP contribution in [0, 0.1) is 19.7 Å². The summed E-state index contributed by atoms with van der Waals surface area (Å²) >= 11 is 0. The van der Waals surface area contributed by atoms with Crippen LogP contribution < -0.4 is 11.1 Å². The molecule has 2 aromatic rings. The van der Waals surface area contributed by atoms with Crippen molar-refractivity contribution in [1.82, 2.24) is 9.97 Å². The third kappa shape index (κ3) is 2.33. The summed E-state index contributed by atoms with van der Waals surface area (Å²) in [6.07, 6.45) is 1.62. The molecule has 5 heteroatoms. The van der Waals surface area contributed by atoms with Gasteiger partial charge in [-0.15, -0.1) is 0 Å². The molecule has 1 aromatic heterocycles. The van der Waals surface area contributed by atoms with Crippen molar-refractivity contribution < 1.29 is 4.39 Å². The molecular formula is C12H13FN4. The zero-order chi connectivity index (χ0) is 12.4. The first-order valence-electron chi connectivity index (χ1n) is 5.19. The van der Waals surface area contributed by atoms with Crippen LogP contribution in [0.4, 0.5) is 21.8 Å². The Morgan fingerprint density at radius 1 is 1.29 bits per heavy atom. The molecule has 3 N–H and O–H groups in total. The zero-order valence-corrected chi connectivity index (χ0v) is 9.66. The molecule has 0 saturated carbocycles. The van der Waals surface area contributed by atoms with Gasteiger partial charge in [0.2, 0.25) is 5.95 Å². The van der Waals surface area contributed by atoms with Gasteiger partial charge in [0.15, 0.2) is 0 Å². The number of benzene rings is 1. The lowest BCUT2D eigenvalue weighted by Gasteiger charge is -2.11. The predicted octanol–water partition coefficient (Wildman–Crippen LogP) is 2.56. The topological polar surface area (TPSA) is 63.8 Å². The third-order valence-electron chi connectivity index (χ3n) is 2.51. The number of hydrogen-bond donors (Lipinski definition) is 2.